The molecule has 4 rings (SSSR count). The van der Waals surface area contributed by atoms with E-state index in [-0.39, 0.29) is 5.91 Å². The predicted octanol–water partition coefficient (Wildman–Crippen LogP) is 2.27. The Bertz CT molecular complexity index is 842. The first-order chi connectivity index (χ1) is 14.2. The van der Waals surface area contributed by atoms with Crippen LogP contribution in [-0.4, -0.2) is 85.4 Å². The lowest BCUT2D eigenvalue weighted by Crippen LogP contribution is -2.49. The molecule has 0 N–H and O–H groups in total. The average molecular weight is 398 g/mol. The molecule has 1 aromatic heterocycles. The highest BCUT2D eigenvalue weighted by Crippen LogP contribution is 2.29. The Labute approximate surface area is 172 Å². The van der Waals surface area contributed by atoms with Crippen molar-refractivity contribution in [1.82, 2.24) is 20.0 Å². The maximum atomic E-state index is 13.2. The number of piperidine rings is 1. The van der Waals surface area contributed by atoms with Crippen molar-refractivity contribution in [3.63, 3.8) is 0 Å². The number of amides is 1. The highest BCUT2D eigenvalue weighted by atomic mass is 16.5. The topological polar surface area (TPSA) is 61.8 Å². The Morgan fingerprint density at radius 3 is 2.41 bits per heavy atom. The van der Waals surface area contributed by atoms with Crippen LogP contribution in [0.25, 0.3) is 10.8 Å². The van der Waals surface area contributed by atoms with Gasteiger partial charge in [-0.05, 0) is 18.8 Å². The first-order valence-electron chi connectivity index (χ1n) is 10.7. The quantitative estimate of drug-likeness (QED) is 0.771. The van der Waals surface area contributed by atoms with E-state index in [1.54, 1.807) is 7.11 Å². The second-order valence-corrected chi connectivity index (χ2v) is 8.21. The van der Waals surface area contributed by atoms with Gasteiger partial charge in [0.15, 0.2) is 11.5 Å². The van der Waals surface area contributed by atoms with E-state index in [0.717, 1.165) is 61.8 Å². The first kappa shape index (κ1) is 20.0. The maximum absolute atomic E-state index is 13.2. The first-order valence-corrected chi connectivity index (χ1v) is 10.7. The summed E-state index contributed by atoms with van der Waals surface area (Å²) in [5.41, 5.74) is 0.472. The number of ether oxygens (including phenoxy) is 1. The Kier molecular flexibility index (Phi) is 6.25. The molecule has 1 aromatic carbocycles. The molecule has 2 aromatic rings. The van der Waals surface area contributed by atoms with Crippen molar-refractivity contribution in [1.29, 1.82) is 0 Å². The molecule has 3 heterocycles. The van der Waals surface area contributed by atoms with Gasteiger partial charge >= 0.3 is 0 Å². The second kappa shape index (κ2) is 9.05. The molecule has 29 heavy (non-hydrogen) atoms. The Morgan fingerprint density at radius 2 is 1.72 bits per heavy atom. The Hall–Kier alpha value is -2.25. The SMILES string of the molecule is COCCN1CCN(C(=O)c2nnc(N3CCC(C)CC3)c3ccccc23)CC1. The molecule has 2 aliphatic heterocycles. The third-order valence-electron chi connectivity index (χ3n) is 6.22. The van der Waals surface area contributed by atoms with Gasteiger partial charge in [-0.25, -0.2) is 0 Å². The molecule has 0 radical (unpaired) electrons. The fraction of sp³-hybridized carbons (Fsp3) is 0.591. The summed E-state index contributed by atoms with van der Waals surface area (Å²) in [5, 5.41) is 10.9. The molecule has 0 bridgehead atoms. The van der Waals surface area contributed by atoms with Crippen LogP contribution in [0.3, 0.4) is 0 Å². The Morgan fingerprint density at radius 1 is 1.03 bits per heavy atom. The van der Waals surface area contributed by atoms with E-state index in [1.165, 1.54) is 12.8 Å². The van der Waals surface area contributed by atoms with Gasteiger partial charge in [-0.1, -0.05) is 31.2 Å². The number of carbonyl (C=O) groups excluding carboxylic acids is 1. The fourth-order valence-electron chi connectivity index (χ4n) is 4.25. The molecular weight excluding hydrogens is 366 g/mol. The van der Waals surface area contributed by atoms with Gasteiger partial charge in [-0.2, -0.15) is 0 Å². The van der Waals surface area contributed by atoms with Crippen LogP contribution in [0.15, 0.2) is 24.3 Å². The van der Waals surface area contributed by atoms with E-state index in [2.05, 4.69) is 33.0 Å². The lowest BCUT2D eigenvalue weighted by Gasteiger charge is -2.34. The zero-order chi connectivity index (χ0) is 20.2. The van der Waals surface area contributed by atoms with Crippen molar-refractivity contribution in [2.75, 3.05) is 64.4 Å². The fourth-order valence-corrected chi connectivity index (χ4v) is 4.25. The summed E-state index contributed by atoms with van der Waals surface area (Å²) in [7, 11) is 1.72. The van der Waals surface area contributed by atoms with Crippen molar-refractivity contribution < 1.29 is 9.53 Å². The van der Waals surface area contributed by atoms with E-state index in [9.17, 15) is 4.79 Å². The summed E-state index contributed by atoms with van der Waals surface area (Å²) < 4.78 is 5.16. The minimum Gasteiger partial charge on any atom is -0.383 e. The highest BCUT2D eigenvalue weighted by Gasteiger charge is 2.26. The van der Waals surface area contributed by atoms with Gasteiger partial charge in [0.25, 0.3) is 5.91 Å². The number of hydrogen-bond donors (Lipinski definition) is 0. The van der Waals surface area contributed by atoms with E-state index in [4.69, 9.17) is 4.74 Å². The van der Waals surface area contributed by atoms with Crippen LogP contribution in [0.4, 0.5) is 5.82 Å². The van der Waals surface area contributed by atoms with E-state index in [0.29, 0.717) is 18.8 Å². The number of rotatable bonds is 5. The highest BCUT2D eigenvalue weighted by molar-refractivity contribution is 6.07. The van der Waals surface area contributed by atoms with Gasteiger partial charge in [-0.3, -0.25) is 9.69 Å². The number of nitrogens with zero attached hydrogens (tertiary/aromatic N) is 5. The van der Waals surface area contributed by atoms with E-state index >= 15 is 0 Å². The lowest BCUT2D eigenvalue weighted by molar-refractivity contribution is 0.0590. The minimum absolute atomic E-state index is 0.0149. The standard InChI is InChI=1S/C22H31N5O2/c1-17-7-9-26(10-8-17)21-19-6-4-3-5-18(19)20(23-24-21)22(28)27-13-11-25(12-14-27)15-16-29-2/h3-6,17H,7-16H2,1-2H3. The monoisotopic (exact) mass is 397 g/mol. The molecule has 0 spiro atoms. The summed E-state index contributed by atoms with van der Waals surface area (Å²) in [4.78, 5) is 19.8. The van der Waals surface area contributed by atoms with Crippen molar-refractivity contribution in [2.45, 2.75) is 19.8 Å². The number of piperazine rings is 1. The van der Waals surface area contributed by atoms with Gasteiger partial charge < -0.3 is 14.5 Å². The number of aromatic nitrogens is 2. The van der Waals surface area contributed by atoms with Crippen LogP contribution >= 0.6 is 0 Å². The van der Waals surface area contributed by atoms with Crippen molar-refractivity contribution >= 4 is 22.5 Å². The molecule has 0 saturated carbocycles. The van der Waals surface area contributed by atoms with Crippen molar-refractivity contribution in [3.05, 3.63) is 30.0 Å². The molecule has 7 heteroatoms. The van der Waals surface area contributed by atoms with Gasteiger partial charge in [0.2, 0.25) is 0 Å². The van der Waals surface area contributed by atoms with Crippen LogP contribution in [0.1, 0.15) is 30.3 Å². The van der Waals surface area contributed by atoms with Crippen LogP contribution in [0.5, 0.6) is 0 Å². The number of benzene rings is 1. The van der Waals surface area contributed by atoms with Crippen LogP contribution < -0.4 is 4.90 Å². The molecule has 0 unspecified atom stereocenters. The van der Waals surface area contributed by atoms with Gasteiger partial charge in [0.1, 0.15) is 0 Å². The molecule has 156 valence electrons. The molecule has 0 aliphatic carbocycles. The summed E-state index contributed by atoms with van der Waals surface area (Å²) in [6, 6.07) is 8.06. The molecule has 2 fully saturated rings. The number of anilines is 1. The third kappa shape index (κ3) is 4.36. The summed E-state index contributed by atoms with van der Waals surface area (Å²) >= 11 is 0. The molecular formula is C22H31N5O2. The number of fused-ring (bicyclic) bond motifs is 1. The van der Waals surface area contributed by atoms with Crippen molar-refractivity contribution in [2.24, 2.45) is 5.92 Å². The summed E-state index contributed by atoms with van der Waals surface area (Å²) in [6.07, 6.45) is 2.34. The normalized spacial score (nSPS) is 19.1. The summed E-state index contributed by atoms with van der Waals surface area (Å²) in [6.45, 7) is 9.08. The van der Waals surface area contributed by atoms with E-state index < -0.39 is 0 Å². The average Bonchev–Trinajstić information content (AvgIpc) is 2.77. The smallest absolute Gasteiger partial charge is 0.275 e. The van der Waals surface area contributed by atoms with E-state index in [1.807, 2.05) is 23.1 Å². The van der Waals surface area contributed by atoms with Crippen LogP contribution in [0, 0.1) is 5.92 Å². The second-order valence-electron chi connectivity index (χ2n) is 8.21. The molecule has 2 saturated heterocycles. The Balaban J connectivity index is 1.54. The number of carbonyl (C=O) groups is 1. The molecule has 2 aliphatic rings. The number of hydrogen-bond acceptors (Lipinski definition) is 6. The number of methoxy groups -OCH3 is 1. The van der Waals surface area contributed by atoms with Crippen LogP contribution in [-0.2, 0) is 4.74 Å². The maximum Gasteiger partial charge on any atom is 0.275 e. The van der Waals surface area contributed by atoms with Gasteiger partial charge in [0.05, 0.1) is 6.61 Å². The predicted molar refractivity (Wildman–Crippen MR) is 114 cm³/mol. The van der Waals surface area contributed by atoms with Crippen LogP contribution in [0.2, 0.25) is 0 Å². The summed E-state index contributed by atoms with van der Waals surface area (Å²) in [5.74, 6) is 1.65. The zero-order valence-corrected chi connectivity index (χ0v) is 17.5. The zero-order valence-electron chi connectivity index (χ0n) is 17.5. The third-order valence-corrected chi connectivity index (χ3v) is 6.22. The largest absolute Gasteiger partial charge is 0.383 e. The van der Waals surface area contributed by atoms with Gasteiger partial charge in [0, 0.05) is 63.7 Å². The van der Waals surface area contributed by atoms with Gasteiger partial charge in [-0.15, -0.1) is 10.2 Å². The molecule has 0 atom stereocenters. The molecule has 7 nitrogen and oxygen atoms in total. The molecule has 1 amide bonds. The lowest BCUT2D eigenvalue weighted by atomic mass is 9.99. The van der Waals surface area contributed by atoms with Crippen molar-refractivity contribution in [3.8, 4) is 0 Å². The minimum atomic E-state index is -0.0149.